The minimum absolute atomic E-state index is 0.122. The molecule has 4 nitrogen and oxygen atoms in total. The lowest BCUT2D eigenvalue weighted by Gasteiger charge is -2.14. The average Bonchev–Trinajstić information content (AvgIpc) is 3.20. The summed E-state index contributed by atoms with van der Waals surface area (Å²) < 4.78 is 5.84. The molecule has 4 heteroatoms. The zero-order chi connectivity index (χ0) is 18.1. The molecule has 0 radical (unpaired) electrons. The van der Waals surface area contributed by atoms with Gasteiger partial charge in [0.05, 0.1) is 0 Å². The van der Waals surface area contributed by atoms with Crippen molar-refractivity contribution in [2.75, 3.05) is 13.1 Å². The molecule has 0 fully saturated rings. The van der Waals surface area contributed by atoms with Gasteiger partial charge in [0.1, 0.15) is 5.58 Å². The first-order chi connectivity index (χ1) is 12.6. The highest BCUT2D eigenvalue weighted by Gasteiger charge is 2.19. The van der Waals surface area contributed by atoms with Crippen molar-refractivity contribution >= 4 is 16.9 Å². The lowest BCUT2D eigenvalue weighted by Crippen LogP contribution is -2.28. The normalized spacial score (nSPS) is 13.9. The van der Waals surface area contributed by atoms with E-state index in [1.807, 2.05) is 32.0 Å². The fourth-order valence-corrected chi connectivity index (χ4v) is 3.75. The standard InChI is InChI=1S/C22H24N2O2/c1-15-7-5-10-19-16(2)21(26-20(15)19)22(25)23-11-6-12-24-13-17-8-3-4-9-18(17)14-24/h3-5,7-10H,6,11-14H2,1-2H3,(H,23,25). The Morgan fingerprint density at radius 2 is 1.81 bits per heavy atom. The summed E-state index contributed by atoms with van der Waals surface area (Å²) >= 11 is 0. The van der Waals surface area contributed by atoms with Gasteiger partial charge in [-0.15, -0.1) is 0 Å². The van der Waals surface area contributed by atoms with Crippen LogP contribution in [0.5, 0.6) is 0 Å². The Morgan fingerprint density at radius 3 is 2.50 bits per heavy atom. The number of furan rings is 1. The highest BCUT2D eigenvalue weighted by Crippen LogP contribution is 2.27. The third-order valence-electron chi connectivity index (χ3n) is 5.21. The molecule has 134 valence electrons. The summed E-state index contributed by atoms with van der Waals surface area (Å²) in [7, 11) is 0. The minimum Gasteiger partial charge on any atom is -0.450 e. The van der Waals surface area contributed by atoms with Crippen molar-refractivity contribution in [2.45, 2.75) is 33.4 Å². The Hall–Kier alpha value is -2.59. The second-order valence-corrected chi connectivity index (χ2v) is 7.10. The number of carbonyl (C=O) groups is 1. The number of rotatable bonds is 5. The highest BCUT2D eigenvalue weighted by atomic mass is 16.3. The predicted octanol–water partition coefficient (Wildman–Crippen LogP) is 4.19. The van der Waals surface area contributed by atoms with Crippen LogP contribution in [-0.2, 0) is 13.1 Å². The van der Waals surface area contributed by atoms with Crippen molar-refractivity contribution in [1.29, 1.82) is 0 Å². The quantitative estimate of drug-likeness (QED) is 0.704. The first kappa shape index (κ1) is 16.9. The number of carbonyl (C=O) groups excluding carboxylic acids is 1. The largest absolute Gasteiger partial charge is 0.450 e. The molecule has 1 aliphatic heterocycles. The van der Waals surface area contributed by atoms with Crippen LogP contribution < -0.4 is 5.32 Å². The zero-order valence-electron chi connectivity index (χ0n) is 15.3. The fraction of sp³-hybridized carbons (Fsp3) is 0.318. The van der Waals surface area contributed by atoms with Crippen LogP contribution in [0.3, 0.4) is 0 Å². The maximum Gasteiger partial charge on any atom is 0.287 e. The zero-order valence-corrected chi connectivity index (χ0v) is 15.3. The molecule has 0 unspecified atom stereocenters. The molecule has 3 aromatic rings. The molecule has 1 amide bonds. The molecule has 2 aromatic carbocycles. The third kappa shape index (κ3) is 3.13. The van der Waals surface area contributed by atoms with Gasteiger partial charge in [-0.1, -0.05) is 42.5 Å². The van der Waals surface area contributed by atoms with Gasteiger partial charge in [-0.3, -0.25) is 9.69 Å². The summed E-state index contributed by atoms with van der Waals surface area (Å²) in [5, 5.41) is 4.02. The lowest BCUT2D eigenvalue weighted by atomic mass is 10.1. The molecule has 0 bridgehead atoms. The van der Waals surface area contributed by atoms with Crippen molar-refractivity contribution in [3.63, 3.8) is 0 Å². The Labute approximate surface area is 153 Å². The predicted molar refractivity (Wildman–Crippen MR) is 103 cm³/mol. The average molecular weight is 348 g/mol. The fourth-order valence-electron chi connectivity index (χ4n) is 3.75. The summed E-state index contributed by atoms with van der Waals surface area (Å²) in [5.41, 5.74) is 5.62. The number of fused-ring (bicyclic) bond motifs is 2. The molecule has 4 rings (SSSR count). The topological polar surface area (TPSA) is 45.5 Å². The second-order valence-electron chi connectivity index (χ2n) is 7.10. The number of aryl methyl sites for hydroxylation is 2. The molecule has 2 heterocycles. The number of hydrogen-bond donors (Lipinski definition) is 1. The number of benzene rings is 2. The van der Waals surface area contributed by atoms with Gasteiger partial charge in [0.25, 0.3) is 5.91 Å². The van der Waals surface area contributed by atoms with E-state index >= 15 is 0 Å². The van der Waals surface area contributed by atoms with Crippen LogP contribution in [0.25, 0.3) is 11.0 Å². The molecule has 0 aliphatic carbocycles. The van der Waals surface area contributed by atoms with Crippen LogP contribution in [0.4, 0.5) is 0 Å². The Morgan fingerprint density at radius 1 is 1.08 bits per heavy atom. The lowest BCUT2D eigenvalue weighted by molar-refractivity contribution is 0.0925. The van der Waals surface area contributed by atoms with Gasteiger partial charge in [-0.25, -0.2) is 0 Å². The van der Waals surface area contributed by atoms with Crippen molar-refractivity contribution < 1.29 is 9.21 Å². The number of para-hydroxylation sites is 1. The van der Waals surface area contributed by atoms with Gasteiger partial charge in [-0.05, 0) is 37.0 Å². The minimum atomic E-state index is -0.122. The summed E-state index contributed by atoms with van der Waals surface area (Å²) in [4.78, 5) is 14.9. The van der Waals surface area contributed by atoms with E-state index in [0.717, 1.165) is 48.2 Å². The van der Waals surface area contributed by atoms with Crippen LogP contribution in [-0.4, -0.2) is 23.9 Å². The maximum atomic E-state index is 12.5. The van der Waals surface area contributed by atoms with Crippen LogP contribution in [0.1, 0.15) is 39.2 Å². The van der Waals surface area contributed by atoms with Gasteiger partial charge >= 0.3 is 0 Å². The van der Waals surface area contributed by atoms with E-state index in [-0.39, 0.29) is 5.91 Å². The molecule has 0 spiro atoms. The number of nitrogens with zero attached hydrogens (tertiary/aromatic N) is 1. The molecule has 26 heavy (non-hydrogen) atoms. The molecular weight excluding hydrogens is 324 g/mol. The highest BCUT2D eigenvalue weighted by molar-refractivity contribution is 5.99. The van der Waals surface area contributed by atoms with E-state index in [4.69, 9.17) is 4.42 Å². The van der Waals surface area contributed by atoms with Gasteiger partial charge in [0.15, 0.2) is 5.76 Å². The van der Waals surface area contributed by atoms with Crippen molar-refractivity contribution in [1.82, 2.24) is 10.2 Å². The first-order valence-electron chi connectivity index (χ1n) is 9.19. The van der Waals surface area contributed by atoms with Crippen molar-refractivity contribution in [2.24, 2.45) is 0 Å². The number of hydrogen-bond acceptors (Lipinski definition) is 3. The summed E-state index contributed by atoms with van der Waals surface area (Å²) in [5.74, 6) is 0.311. The Bertz CT molecular complexity index is 933. The monoisotopic (exact) mass is 348 g/mol. The molecule has 1 aromatic heterocycles. The molecule has 0 atom stereocenters. The van der Waals surface area contributed by atoms with Crippen molar-refractivity contribution in [3.8, 4) is 0 Å². The van der Waals surface area contributed by atoms with E-state index in [9.17, 15) is 4.79 Å². The smallest absolute Gasteiger partial charge is 0.287 e. The van der Waals surface area contributed by atoms with Gasteiger partial charge in [0, 0.05) is 37.1 Å². The van der Waals surface area contributed by atoms with Crippen LogP contribution >= 0.6 is 0 Å². The Kier molecular flexibility index (Phi) is 4.51. The van der Waals surface area contributed by atoms with E-state index in [1.165, 1.54) is 11.1 Å². The van der Waals surface area contributed by atoms with E-state index < -0.39 is 0 Å². The van der Waals surface area contributed by atoms with Crippen molar-refractivity contribution in [3.05, 3.63) is 70.5 Å². The third-order valence-corrected chi connectivity index (χ3v) is 5.21. The van der Waals surface area contributed by atoms with E-state index in [1.54, 1.807) is 0 Å². The van der Waals surface area contributed by atoms with E-state index in [0.29, 0.717) is 12.3 Å². The number of amides is 1. The first-order valence-corrected chi connectivity index (χ1v) is 9.19. The Balaban J connectivity index is 1.31. The summed E-state index contributed by atoms with van der Waals surface area (Å²) in [6.45, 7) is 7.59. The molecule has 1 aliphatic rings. The molecular formula is C22H24N2O2. The summed E-state index contributed by atoms with van der Waals surface area (Å²) in [6.07, 6.45) is 0.929. The van der Waals surface area contributed by atoms with Gasteiger partial charge < -0.3 is 9.73 Å². The van der Waals surface area contributed by atoms with Gasteiger partial charge in [-0.2, -0.15) is 0 Å². The van der Waals surface area contributed by atoms with Crippen LogP contribution in [0.2, 0.25) is 0 Å². The number of nitrogens with one attached hydrogen (secondary N) is 1. The van der Waals surface area contributed by atoms with E-state index in [2.05, 4.69) is 34.5 Å². The molecule has 0 saturated carbocycles. The molecule has 0 saturated heterocycles. The second kappa shape index (κ2) is 6.96. The maximum absolute atomic E-state index is 12.5. The van der Waals surface area contributed by atoms with Crippen LogP contribution in [0, 0.1) is 13.8 Å². The van der Waals surface area contributed by atoms with Crippen LogP contribution in [0.15, 0.2) is 46.9 Å². The van der Waals surface area contributed by atoms with Gasteiger partial charge in [0.2, 0.25) is 0 Å². The SMILES string of the molecule is Cc1c(C(=O)NCCCN2Cc3ccccc3C2)oc2c(C)cccc12. The molecule has 1 N–H and O–H groups in total. The summed E-state index contributed by atoms with van der Waals surface area (Å²) in [6, 6.07) is 14.6.